The molecule has 2 N–H and O–H groups in total. The molecule has 0 unspecified atom stereocenters. The van der Waals surface area contributed by atoms with Crippen molar-refractivity contribution in [2.75, 3.05) is 5.32 Å². The standard InChI is InChI=1S/C13H11N3O3/c17-12(15-10-5-2-1-3-6-10)13(18)16-14-9-11-7-4-8-19-11/h1-9H,(H,15,17)(H,16,18)/b14-9-. The molecule has 0 radical (unpaired) electrons. The van der Waals surface area contributed by atoms with E-state index in [9.17, 15) is 9.59 Å². The highest BCUT2D eigenvalue weighted by Gasteiger charge is 2.12. The van der Waals surface area contributed by atoms with Crippen molar-refractivity contribution in [2.24, 2.45) is 5.10 Å². The molecule has 0 atom stereocenters. The Bertz CT molecular complexity index is 576. The first-order chi connectivity index (χ1) is 9.25. The molecule has 2 aromatic rings. The zero-order chi connectivity index (χ0) is 13.5. The number of carbonyl (C=O) groups excluding carboxylic acids is 2. The Morgan fingerprint density at radius 3 is 2.53 bits per heavy atom. The number of anilines is 1. The van der Waals surface area contributed by atoms with Crippen molar-refractivity contribution < 1.29 is 14.0 Å². The average Bonchev–Trinajstić information content (AvgIpc) is 2.93. The van der Waals surface area contributed by atoms with Crippen LogP contribution in [0.4, 0.5) is 5.69 Å². The molecule has 0 fully saturated rings. The predicted octanol–water partition coefficient (Wildman–Crippen LogP) is 1.37. The molecule has 2 amide bonds. The van der Waals surface area contributed by atoms with Gasteiger partial charge in [0.05, 0.1) is 12.5 Å². The predicted molar refractivity (Wildman–Crippen MR) is 69.5 cm³/mol. The second kappa shape index (κ2) is 6.15. The van der Waals surface area contributed by atoms with Crippen LogP contribution in [0.2, 0.25) is 0 Å². The van der Waals surface area contributed by atoms with Crippen LogP contribution in [0, 0.1) is 0 Å². The first-order valence-corrected chi connectivity index (χ1v) is 5.48. The summed E-state index contributed by atoms with van der Waals surface area (Å²) in [7, 11) is 0. The number of hydrogen-bond acceptors (Lipinski definition) is 4. The Morgan fingerprint density at radius 1 is 1.05 bits per heavy atom. The Morgan fingerprint density at radius 2 is 1.84 bits per heavy atom. The molecule has 0 aliphatic heterocycles. The highest BCUT2D eigenvalue weighted by atomic mass is 16.3. The van der Waals surface area contributed by atoms with Gasteiger partial charge >= 0.3 is 11.8 Å². The fourth-order valence-corrected chi connectivity index (χ4v) is 1.28. The summed E-state index contributed by atoms with van der Waals surface area (Å²) in [4.78, 5) is 22.9. The number of amides is 2. The van der Waals surface area contributed by atoms with Gasteiger partial charge in [-0.2, -0.15) is 5.10 Å². The number of hydrazone groups is 1. The third kappa shape index (κ3) is 3.81. The molecule has 6 heteroatoms. The van der Waals surface area contributed by atoms with Crippen LogP contribution in [0.1, 0.15) is 5.76 Å². The summed E-state index contributed by atoms with van der Waals surface area (Å²) in [5.41, 5.74) is 2.64. The number of hydrogen-bond donors (Lipinski definition) is 2. The van der Waals surface area contributed by atoms with Crippen molar-refractivity contribution in [1.29, 1.82) is 0 Å². The van der Waals surface area contributed by atoms with Gasteiger partial charge in [0.2, 0.25) is 0 Å². The highest BCUT2D eigenvalue weighted by Crippen LogP contribution is 2.04. The van der Waals surface area contributed by atoms with Crippen LogP contribution in [0.15, 0.2) is 58.2 Å². The Hall–Kier alpha value is -2.89. The molecule has 1 aromatic carbocycles. The lowest BCUT2D eigenvalue weighted by Gasteiger charge is -2.02. The number of benzene rings is 1. The van der Waals surface area contributed by atoms with Crippen molar-refractivity contribution in [2.45, 2.75) is 0 Å². The first kappa shape index (κ1) is 12.6. The van der Waals surface area contributed by atoms with E-state index in [1.807, 2.05) is 6.07 Å². The molecule has 1 aromatic heterocycles. The molecular weight excluding hydrogens is 246 g/mol. The van der Waals surface area contributed by atoms with Gasteiger partial charge in [0.1, 0.15) is 5.76 Å². The molecule has 0 spiro atoms. The average molecular weight is 257 g/mol. The molecule has 19 heavy (non-hydrogen) atoms. The maximum atomic E-state index is 11.5. The smallest absolute Gasteiger partial charge is 0.329 e. The van der Waals surface area contributed by atoms with Gasteiger partial charge in [0, 0.05) is 5.69 Å². The van der Waals surface area contributed by atoms with Crippen LogP contribution in [-0.2, 0) is 9.59 Å². The fraction of sp³-hybridized carbons (Fsp3) is 0. The Balaban J connectivity index is 1.85. The molecule has 0 aliphatic rings. The lowest BCUT2D eigenvalue weighted by Crippen LogP contribution is -2.32. The van der Waals surface area contributed by atoms with Crippen LogP contribution in [0.25, 0.3) is 0 Å². The lowest BCUT2D eigenvalue weighted by atomic mass is 10.3. The van der Waals surface area contributed by atoms with E-state index in [1.165, 1.54) is 12.5 Å². The zero-order valence-electron chi connectivity index (χ0n) is 9.87. The number of rotatable bonds is 3. The van der Waals surface area contributed by atoms with Gasteiger partial charge < -0.3 is 9.73 Å². The Labute approximate surface area is 109 Å². The molecule has 1 heterocycles. The van der Waals surface area contributed by atoms with Gasteiger partial charge in [-0.25, -0.2) is 5.43 Å². The zero-order valence-corrected chi connectivity index (χ0v) is 9.87. The van der Waals surface area contributed by atoms with Crippen molar-refractivity contribution in [1.82, 2.24) is 5.43 Å². The maximum absolute atomic E-state index is 11.5. The first-order valence-electron chi connectivity index (χ1n) is 5.48. The highest BCUT2D eigenvalue weighted by molar-refractivity contribution is 6.39. The van der Waals surface area contributed by atoms with Crippen LogP contribution in [0.5, 0.6) is 0 Å². The molecular formula is C13H11N3O3. The quantitative estimate of drug-likeness (QED) is 0.495. The van der Waals surface area contributed by atoms with E-state index in [0.29, 0.717) is 11.4 Å². The van der Waals surface area contributed by atoms with E-state index in [4.69, 9.17) is 4.42 Å². The molecule has 0 saturated carbocycles. The van der Waals surface area contributed by atoms with Crippen molar-refractivity contribution >= 4 is 23.7 Å². The van der Waals surface area contributed by atoms with Gasteiger partial charge in [-0.1, -0.05) is 18.2 Å². The number of nitrogens with one attached hydrogen (secondary N) is 2. The van der Waals surface area contributed by atoms with Crippen LogP contribution < -0.4 is 10.7 Å². The number of para-hydroxylation sites is 1. The van der Waals surface area contributed by atoms with Crippen molar-refractivity contribution in [3.63, 3.8) is 0 Å². The van der Waals surface area contributed by atoms with Gasteiger partial charge in [-0.3, -0.25) is 9.59 Å². The molecule has 96 valence electrons. The molecule has 6 nitrogen and oxygen atoms in total. The maximum Gasteiger partial charge on any atom is 0.329 e. The number of carbonyl (C=O) groups is 2. The summed E-state index contributed by atoms with van der Waals surface area (Å²) in [5, 5.41) is 6.03. The van der Waals surface area contributed by atoms with E-state index in [-0.39, 0.29) is 0 Å². The molecule has 0 aliphatic carbocycles. The van der Waals surface area contributed by atoms with Gasteiger partial charge in [0.25, 0.3) is 0 Å². The third-order valence-corrected chi connectivity index (χ3v) is 2.14. The minimum absolute atomic E-state index is 0.476. The normalized spacial score (nSPS) is 10.3. The lowest BCUT2D eigenvalue weighted by molar-refractivity contribution is -0.136. The van der Waals surface area contributed by atoms with E-state index < -0.39 is 11.8 Å². The van der Waals surface area contributed by atoms with Crippen LogP contribution in [0.3, 0.4) is 0 Å². The summed E-state index contributed by atoms with van der Waals surface area (Å²) in [6.45, 7) is 0. The van der Waals surface area contributed by atoms with E-state index >= 15 is 0 Å². The second-order valence-electron chi connectivity index (χ2n) is 3.53. The number of nitrogens with zero attached hydrogens (tertiary/aromatic N) is 1. The van der Waals surface area contributed by atoms with Crippen molar-refractivity contribution in [3.05, 3.63) is 54.5 Å². The fourth-order valence-electron chi connectivity index (χ4n) is 1.28. The third-order valence-electron chi connectivity index (χ3n) is 2.14. The summed E-state index contributed by atoms with van der Waals surface area (Å²) >= 11 is 0. The van der Waals surface area contributed by atoms with Crippen molar-refractivity contribution in [3.8, 4) is 0 Å². The monoisotopic (exact) mass is 257 g/mol. The van der Waals surface area contributed by atoms with Crippen LogP contribution >= 0.6 is 0 Å². The number of furan rings is 1. The topological polar surface area (TPSA) is 83.7 Å². The molecule has 0 bridgehead atoms. The summed E-state index contributed by atoms with van der Waals surface area (Å²) in [6.07, 6.45) is 2.78. The Kier molecular flexibility index (Phi) is 4.07. The molecule has 0 saturated heterocycles. The van der Waals surface area contributed by atoms with E-state index in [2.05, 4.69) is 15.8 Å². The molecule has 2 rings (SSSR count). The van der Waals surface area contributed by atoms with Gasteiger partial charge in [-0.15, -0.1) is 0 Å². The van der Waals surface area contributed by atoms with Crippen LogP contribution in [-0.4, -0.2) is 18.0 Å². The van der Waals surface area contributed by atoms with E-state index in [1.54, 1.807) is 36.4 Å². The summed E-state index contributed by atoms with van der Waals surface area (Å²) in [5.74, 6) is -1.17. The minimum atomic E-state index is -0.855. The second-order valence-corrected chi connectivity index (χ2v) is 3.53. The SMILES string of the molecule is O=C(N/N=C\c1ccco1)C(=O)Nc1ccccc1. The van der Waals surface area contributed by atoms with Gasteiger partial charge in [0.15, 0.2) is 0 Å². The van der Waals surface area contributed by atoms with E-state index in [0.717, 1.165) is 0 Å². The summed E-state index contributed by atoms with van der Waals surface area (Å²) in [6, 6.07) is 12.0. The largest absolute Gasteiger partial charge is 0.463 e. The minimum Gasteiger partial charge on any atom is -0.463 e. The van der Waals surface area contributed by atoms with Gasteiger partial charge in [-0.05, 0) is 24.3 Å². The summed E-state index contributed by atoms with van der Waals surface area (Å²) < 4.78 is 4.97.